The summed E-state index contributed by atoms with van der Waals surface area (Å²) in [6.45, 7) is -0.452. The molecule has 8 nitrogen and oxygen atoms in total. The second-order valence-corrected chi connectivity index (χ2v) is 6.41. The van der Waals surface area contributed by atoms with Crippen LogP contribution in [0.15, 0.2) is 0 Å². The first-order chi connectivity index (χ1) is 5.56. The van der Waals surface area contributed by atoms with Crippen molar-refractivity contribution in [1.29, 1.82) is 0 Å². The van der Waals surface area contributed by atoms with E-state index in [1.165, 1.54) is 0 Å². The molecule has 0 fully saturated rings. The lowest BCUT2D eigenvalue weighted by Crippen LogP contribution is -2.31. The van der Waals surface area contributed by atoms with Gasteiger partial charge in [-0.15, -0.1) is 0 Å². The van der Waals surface area contributed by atoms with Crippen LogP contribution < -0.4 is 5.73 Å². The second kappa shape index (κ2) is 4.83. The van der Waals surface area contributed by atoms with Gasteiger partial charge in [-0.2, -0.15) is 0 Å². The number of hydrogen-bond donors (Lipinski definition) is 6. The molecule has 0 saturated heterocycles. The molecule has 0 radical (unpaired) electrons. The molecule has 0 aromatic carbocycles. The van der Waals surface area contributed by atoms with Crippen LogP contribution in [-0.2, 0) is 9.13 Å². The molecule has 0 unspecified atom stereocenters. The van der Waals surface area contributed by atoms with Gasteiger partial charge in [-0.25, -0.2) is 0 Å². The zero-order chi connectivity index (χ0) is 10.9. The monoisotopic (exact) mass is 251 g/mol. The van der Waals surface area contributed by atoms with Gasteiger partial charge in [-0.1, -0.05) is 7.43 Å². The molecule has 0 amide bonds. The Kier molecular flexibility index (Phi) is 5.74. The third-order valence-corrected chi connectivity index (χ3v) is 5.29. The molecule has 88 valence electrons. The van der Waals surface area contributed by atoms with Crippen LogP contribution in [0.5, 0.6) is 0 Å². The van der Waals surface area contributed by atoms with Crippen LogP contribution in [-0.4, -0.2) is 36.3 Å². The summed E-state index contributed by atoms with van der Waals surface area (Å²) in [5, 5.41) is 5.71. The smallest absolute Gasteiger partial charge is 0.367 e. The fourth-order valence-electron chi connectivity index (χ4n) is 0.655. The number of rotatable bonds is 4. The molecular formula is C4H15NO7P2. The average molecular weight is 251 g/mol. The normalized spacial score (nSPS) is 13.6. The minimum atomic E-state index is -5.31. The van der Waals surface area contributed by atoms with Crippen LogP contribution >= 0.6 is 15.2 Å². The molecule has 0 aliphatic heterocycles. The van der Waals surface area contributed by atoms with Gasteiger partial charge in [0.25, 0.3) is 5.08 Å². The minimum absolute atomic E-state index is 0. The lowest BCUT2D eigenvalue weighted by atomic mass is 10.5. The standard InChI is InChI=1S/C3H11NO7P2.CH4/c4-2-1-3(5,12(6,7)8)13(9,10)11;/h5H,1-2,4H2,(H2,6,7,8)(H2,9,10,11);1H4. The van der Waals surface area contributed by atoms with Crippen molar-refractivity contribution in [3.63, 3.8) is 0 Å². The Labute approximate surface area is 81.1 Å². The summed E-state index contributed by atoms with van der Waals surface area (Å²) in [4.78, 5) is 34.1. The van der Waals surface area contributed by atoms with Crippen LogP contribution in [0.1, 0.15) is 13.8 Å². The molecule has 10 heteroatoms. The molecule has 0 heterocycles. The molecule has 0 rings (SSSR count). The number of aliphatic hydroxyl groups is 1. The summed E-state index contributed by atoms with van der Waals surface area (Å²) in [6, 6.07) is 0. The van der Waals surface area contributed by atoms with Gasteiger partial charge in [-0.05, 0) is 6.54 Å². The Bertz CT molecular complexity index is 245. The fraction of sp³-hybridized carbons (Fsp3) is 1.00. The Morgan fingerprint density at radius 3 is 1.43 bits per heavy atom. The van der Waals surface area contributed by atoms with Crippen molar-refractivity contribution < 1.29 is 33.8 Å². The van der Waals surface area contributed by atoms with E-state index in [0.717, 1.165) is 0 Å². The van der Waals surface area contributed by atoms with Crippen molar-refractivity contribution in [2.24, 2.45) is 5.73 Å². The van der Waals surface area contributed by atoms with Crippen LogP contribution in [0.4, 0.5) is 0 Å². The van der Waals surface area contributed by atoms with Crippen molar-refractivity contribution in [2.75, 3.05) is 6.54 Å². The number of nitrogens with two attached hydrogens (primary N) is 1. The molecule has 0 bridgehead atoms. The maximum absolute atomic E-state index is 10.6. The van der Waals surface area contributed by atoms with E-state index < -0.39 is 33.2 Å². The first-order valence-corrected chi connectivity index (χ1v) is 6.32. The van der Waals surface area contributed by atoms with Gasteiger partial charge in [0, 0.05) is 6.42 Å². The zero-order valence-corrected chi connectivity index (χ0v) is 8.23. The average Bonchev–Trinajstić information content (AvgIpc) is 1.82. The summed E-state index contributed by atoms with van der Waals surface area (Å²) in [5.74, 6) is 0. The van der Waals surface area contributed by atoms with Crippen LogP contribution in [0.25, 0.3) is 0 Å². The highest BCUT2D eigenvalue weighted by Crippen LogP contribution is 2.68. The predicted octanol–water partition coefficient (Wildman–Crippen LogP) is -1.03. The van der Waals surface area contributed by atoms with E-state index in [2.05, 4.69) is 0 Å². The lowest BCUT2D eigenvalue weighted by Gasteiger charge is -2.28. The third-order valence-electron chi connectivity index (χ3n) is 1.41. The van der Waals surface area contributed by atoms with E-state index in [9.17, 15) is 9.13 Å². The van der Waals surface area contributed by atoms with Gasteiger partial charge >= 0.3 is 15.2 Å². The zero-order valence-electron chi connectivity index (χ0n) is 6.44. The lowest BCUT2D eigenvalue weighted by molar-refractivity contribution is 0.125. The van der Waals surface area contributed by atoms with Gasteiger partial charge in [0.2, 0.25) is 0 Å². The highest BCUT2D eigenvalue weighted by atomic mass is 31.2. The van der Waals surface area contributed by atoms with E-state index >= 15 is 0 Å². The largest absolute Gasteiger partial charge is 0.369 e. The highest BCUT2D eigenvalue weighted by Gasteiger charge is 2.58. The topological polar surface area (TPSA) is 161 Å². The van der Waals surface area contributed by atoms with Gasteiger partial charge < -0.3 is 30.4 Å². The molecule has 14 heavy (non-hydrogen) atoms. The summed E-state index contributed by atoms with van der Waals surface area (Å²) in [6.07, 6.45) is -0.873. The molecule has 0 aliphatic rings. The fourth-order valence-corrected chi connectivity index (χ4v) is 2.85. The van der Waals surface area contributed by atoms with E-state index in [1.807, 2.05) is 0 Å². The van der Waals surface area contributed by atoms with Gasteiger partial charge in [0.05, 0.1) is 0 Å². The van der Waals surface area contributed by atoms with E-state index in [4.69, 9.17) is 30.4 Å². The van der Waals surface area contributed by atoms with Crippen LogP contribution in [0.2, 0.25) is 0 Å². The molecule has 0 saturated carbocycles. The summed E-state index contributed by atoms with van der Waals surface area (Å²) in [5.41, 5.74) is 4.86. The van der Waals surface area contributed by atoms with Crippen molar-refractivity contribution in [1.82, 2.24) is 0 Å². The molecule has 0 atom stereocenters. The van der Waals surface area contributed by atoms with E-state index in [0.29, 0.717) is 0 Å². The Hall–Kier alpha value is 0.220. The maximum atomic E-state index is 10.6. The Morgan fingerprint density at radius 2 is 1.36 bits per heavy atom. The number of hydrogen-bond acceptors (Lipinski definition) is 4. The summed E-state index contributed by atoms with van der Waals surface area (Å²) in [7, 11) is -10.6. The van der Waals surface area contributed by atoms with Crippen molar-refractivity contribution in [3.8, 4) is 0 Å². The first-order valence-electron chi connectivity index (χ1n) is 3.10. The maximum Gasteiger partial charge on any atom is 0.369 e. The van der Waals surface area contributed by atoms with Crippen molar-refractivity contribution in [2.45, 2.75) is 18.9 Å². The molecule has 0 spiro atoms. The van der Waals surface area contributed by atoms with Gasteiger partial charge in [0.1, 0.15) is 0 Å². The summed E-state index contributed by atoms with van der Waals surface area (Å²) < 4.78 is 21.2. The van der Waals surface area contributed by atoms with Crippen molar-refractivity contribution in [3.05, 3.63) is 0 Å². The molecule has 7 N–H and O–H groups in total. The van der Waals surface area contributed by atoms with Gasteiger partial charge in [0.15, 0.2) is 0 Å². The van der Waals surface area contributed by atoms with Crippen molar-refractivity contribution >= 4 is 15.2 Å². The molecule has 0 aliphatic carbocycles. The van der Waals surface area contributed by atoms with E-state index in [-0.39, 0.29) is 7.43 Å². The van der Waals surface area contributed by atoms with Crippen LogP contribution in [0.3, 0.4) is 0 Å². The Morgan fingerprint density at radius 1 is 1.07 bits per heavy atom. The second-order valence-electron chi connectivity index (χ2n) is 2.40. The first kappa shape index (κ1) is 16.6. The summed E-state index contributed by atoms with van der Waals surface area (Å²) >= 11 is 0. The quantitative estimate of drug-likeness (QED) is 0.345. The SMILES string of the molecule is C.NCCC(O)(P(=O)(O)O)P(=O)(O)O. The van der Waals surface area contributed by atoms with E-state index in [1.54, 1.807) is 0 Å². The minimum Gasteiger partial charge on any atom is -0.367 e. The predicted molar refractivity (Wildman–Crippen MR) is 49.4 cm³/mol. The molecular weight excluding hydrogens is 236 g/mol. The third kappa shape index (κ3) is 3.12. The van der Waals surface area contributed by atoms with Crippen LogP contribution in [0, 0.1) is 0 Å². The molecule has 0 aromatic rings. The Balaban J connectivity index is 0. The highest BCUT2D eigenvalue weighted by molar-refractivity contribution is 7.72. The molecule has 0 aromatic heterocycles. The van der Waals surface area contributed by atoms with Gasteiger partial charge in [-0.3, -0.25) is 9.13 Å².